The number of nitrogens with one attached hydrogen (secondary N) is 4. The summed E-state index contributed by atoms with van der Waals surface area (Å²) in [7, 11) is -3.49. The number of thioether (sulfide) groups is 1. The number of sulfone groups is 1. The number of rotatable bonds is 12. The first-order chi connectivity index (χ1) is 26.6. The number of nitrogens with zero attached hydrogens (tertiary/aromatic N) is 8. The van der Waals surface area contributed by atoms with E-state index >= 15 is 0 Å². The minimum atomic E-state index is -3.49. The van der Waals surface area contributed by atoms with Gasteiger partial charge in [-0.15, -0.1) is 11.8 Å². The largest absolute Gasteiger partial charge is 0.353 e. The summed E-state index contributed by atoms with van der Waals surface area (Å²) in [5.41, 5.74) is 5.32. The van der Waals surface area contributed by atoms with E-state index in [0.717, 1.165) is 34.0 Å². The van der Waals surface area contributed by atoms with Gasteiger partial charge >= 0.3 is 0 Å². The molecule has 16 nitrogen and oxygen atoms in total. The van der Waals surface area contributed by atoms with E-state index in [-0.39, 0.29) is 22.4 Å². The van der Waals surface area contributed by atoms with Crippen molar-refractivity contribution >= 4 is 79.2 Å². The SMILES string of the molecule is CC(=O)c1cnc(Nc2cc(S(C)(=O)=O)nc(C)n2)cc1Nc1cccnc1C.CSc1cc(Nc2cc(Nc3cccnc3C)c(C(C)=O)cn2)nc(C)n1. The van der Waals surface area contributed by atoms with Crippen molar-refractivity contribution in [3.05, 3.63) is 107 Å². The molecule has 56 heavy (non-hydrogen) atoms. The zero-order chi connectivity index (χ0) is 40.6. The van der Waals surface area contributed by atoms with E-state index in [1.54, 1.807) is 55.5 Å². The van der Waals surface area contributed by atoms with Crippen molar-refractivity contribution in [2.45, 2.75) is 51.6 Å². The summed E-state index contributed by atoms with van der Waals surface area (Å²) in [6.45, 7) is 10.2. The van der Waals surface area contributed by atoms with Crippen LogP contribution in [-0.4, -0.2) is 72.4 Å². The standard InChI is InChI=1S/C19H20N6O3S.C19H20N6OS/c1-11-15(6-5-7-20-11)24-16-8-17(21-10-14(16)12(2)26)25-18-9-19(29(4,27)28)23-13(3)22-18;1-11-15(6-5-7-20-11)24-16-8-17(21-10-14(16)12(2)26)25-18-9-19(27-4)23-13(3)22-18/h5-10H,1-4H3,(H2,21,22,23,24,25);5-10H,1-4H3,(H2,21,22,23,24,25). The van der Waals surface area contributed by atoms with E-state index in [1.807, 2.05) is 51.3 Å². The first-order valence-electron chi connectivity index (χ1n) is 17.0. The lowest BCUT2D eigenvalue weighted by molar-refractivity contribution is 0.100. The summed E-state index contributed by atoms with van der Waals surface area (Å²) in [4.78, 5) is 58.0. The molecule has 0 unspecified atom stereocenters. The molecule has 0 aliphatic rings. The molecule has 18 heteroatoms. The van der Waals surface area contributed by atoms with Gasteiger partial charge in [-0.25, -0.2) is 38.3 Å². The number of hydrogen-bond acceptors (Lipinski definition) is 17. The van der Waals surface area contributed by atoms with Crippen LogP contribution in [0.1, 0.15) is 57.6 Å². The van der Waals surface area contributed by atoms with Gasteiger partial charge in [-0.05, 0) is 72.1 Å². The number of carbonyl (C=O) groups excluding carboxylic acids is 2. The molecule has 0 radical (unpaired) electrons. The van der Waals surface area contributed by atoms with Crippen LogP contribution in [0.4, 0.5) is 46.0 Å². The number of aromatic nitrogens is 8. The highest BCUT2D eigenvalue weighted by Crippen LogP contribution is 2.28. The molecule has 0 saturated carbocycles. The third-order valence-corrected chi connectivity index (χ3v) is 9.45. The number of carbonyl (C=O) groups is 2. The summed E-state index contributed by atoms with van der Waals surface area (Å²) in [5.74, 6) is 2.66. The average Bonchev–Trinajstić information content (AvgIpc) is 3.13. The number of aryl methyl sites for hydroxylation is 4. The minimum Gasteiger partial charge on any atom is -0.353 e. The molecule has 0 bridgehead atoms. The molecule has 0 atom stereocenters. The van der Waals surface area contributed by atoms with Crippen molar-refractivity contribution in [3.63, 3.8) is 0 Å². The molecule has 0 spiro atoms. The van der Waals surface area contributed by atoms with Gasteiger partial charge < -0.3 is 21.3 Å². The number of ketones is 2. The molecule has 0 aliphatic carbocycles. The predicted molar refractivity (Wildman–Crippen MR) is 218 cm³/mol. The molecular formula is C38H40N12O4S2. The lowest BCUT2D eigenvalue weighted by atomic mass is 10.1. The van der Waals surface area contributed by atoms with Gasteiger partial charge in [-0.1, -0.05) is 0 Å². The van der Waals surface area contributed by atoms with Crippen LogP contribution in [0, 0.1) is 27.7 Å². The molecule has 0 aromatic carbocycles. The fraction of sp³-hybridized carbons (Fsp3) is 0.211. The van der Waals surface area contributed by atoms with Gasteiger partial charge in [0.2, 0.25) is 0 Å². The summed E-state index contributed by atoms with van der Waals surface area (Å²) in [6.07, 6.45) is 9.46. The van der Waals surface area contributed by atoms with Crippen LogP contribution in [0.2, 0.25) is 0 Å². The van der Waals surface area contributed by atoms with Crippen molar-refractivity contribution in [1.82, 2.24) is 39.9 Å². The van der Waals surface area contributed by atoms with Gasteiger partial charge in [0.05, 0.1) is 45.3 Å². The van der Waals surface area contributed by atoms with Crippen molar-refractivity contribution in [2.24, 2.45) is 0 Å². The normalized spacial score (nSPS) is 10.9. The highest BCUT2D eigenvalue weighted by atomic mass is 32.2. The van der Waals surface area contributed by atoms with E-state index in [9.17, 15) is 18.0 Å². The number of anilines is 8. The summed E-state index contributed by atoms with van der Waals surface area (Å²) in [6, 6.07) is 14.0. The van der Waals surface area contributed by atoms with Crippen LogP contribution < -0.4 is 21.3 Å². The first kappa shape index (κ1) is 40.8. The minimum absolute atomic E-state index is 0.0688. The van der Waals surface area contributed by atoms with E-state index in [0.29, 0.717) is 51.6 Å². The molecule has 0 aliphatic heterocycles. The monoisotopic (exact) mass is 792 g/mol. The van der Waals surface area contributed by atoms with Gasteiger partial charge in [-0.2, -0.15) is 0 Å². The molecule has 0 fully saturated rings. The lowest BCUT2D eigenvalue weighted by Crippen LogP contribution is -2.08. The van der Waals surface area contributed by atoms with Gasteiger partial charge in [0.15, 0.2) is 26.4 Å². The molecule has 6 heterocycles. The zero-order valence-corrected chi connectivity index (χ0v) is 33.6. The molecule has 0 saturated heterocycles. The summed E-state index contributed by atoms with van der Waals surface area (Å²) in [5, 5.41) is 13.4. The Bertz CT molecular complexity index is 2530. The van der Waals surface area contributed by atoms with Crippen LogP contribution in [0.3, 0.4) is 0 Å². The van der Waals surface area contributed by atoms with E-state index in [2.05, 4.69) is 61.1 Å². The molecule has 6 rings (SSSR count). The number of hydrogen-bond donors (Lipinski definition) is 4. The Hall–Kier alpha value is -6.40. The number of Topliss-reactive ketones (excluding diaryl/α,β-unsaturated/α-hetero) is 2. The van der Waals surface area contributed by atoms with Crippen molar-refractivity contribution in [1.29, 1.82) is 0 Å². The molecule has 0 amide bonds. The Morgan fingerprint density at radius 3 is 1.48 bits per heavy atom. The van der Waals surface area contributed by atoms with E-state index in [1.165, 1.54) is 26.1 Å². The highest BCUT2D eigenvalue weighted by Gasteiger charge is 2.16. The Morgan fingerprint density at radius 1 is 0.589 bits per heavy atom. The zero-order valence-electron chi connectivity index (χ0n) is 32.0. The Labute approximate surface area is 328 Å². The molecule has 288 valence electrons. The second-order valence-corrected chi connectivity index (χ2v) is 15.2. The van der Waals surface area contributed by atoms with E-state index in [4.69, 9.17) is 0 Å². The Kier molecular flexibility index (Phi) is 13.0. The van der Waals surface area contributed by atoms with Crippen molar-refractivity contribution in [3.8, 4) is 0 Å². The molecule has 6 aromatic heterocycles. The molecule has 6 aromatic rings. The Balaban J connectivity index is 0.000000215. The van der Waals surface area contributed by atoms with Gasteiger partial charge in [-0.3, -0.25) is 19.6 Å². The smallest absolute Gasteiger partial charge is 0.192 e. The van der Waals surface area contributed by atoms with Crippen LogP contribution >= 0.6 is 11.8 Å². The number of pyridine rings is 4. The third-order valence-electron chi connectivity index (χ3n) is 7.85. The topological polar surface area (TPSA) is 220 Å². The van der Waals surface area contributed by atoms with E-state index < -0.39 is 9.84 Å². The molecule has 4 N–H and O–H groups in total. The quantitative estimate of drug-likeness (QED) is 0.0544. The average molecular weight is 793 g/mol. The summed E-state index contributed by atoms with van der Waals surface area (Å²) >= 11 is 1.55. The van der Waals surface area contributed by atoms with Crippen LogP contribution in [0.15, 0.2) is 83.4 Å². The maximum atomic E-state index is 12.0. The maximum Gasteiger partial charge on any atom is 0.192 e. The fourth-order valence-corrected chi connectivity index (χ4v) is 6.18. The second-order valence-electron chi connectivity index (χ2n) is 12.4. The summed E-state index contributed by atoms with van der Waals surface area (Å²) < 4.78 is 23.6. The Morgan fingerprint density at radius 2 is 1.05 bits per heavy atom. The highest BCUT2D eigenvalue weighted by molar-refractivity contribution is 7.98. The fourth-order valence-electron chi connectivity index (χ4n) is 5.10. The predicted octanol–water partition coefficient (Wildman–Crippen LogP) is 7.27. The van der Waals surface area contributed by atoms with Gasteiger partial charge in [0, 0.05) is 55.3 Å². The van der Waals surface area contributed by atoms with Crippen molar-refractivity contribution in [2.75, 3.05) is 33.8 Å². The van der Waals surface area contributed by atoms with Gasteiger partial charge in [0.1, 0.15) is 39.9 Å². The molecular weight excluding hydrogens is 753 g/mol. The van der Waals surface area contributed by atoms with Gasteiger partial charge in [0.25, 0.3) is 0 Å². The van der Waals surface area contributed by atoms with Crippen molar-refractivity contribution < 1.29 is 18.0 Å². The van der Waals surface area contributed by atoms with Crippen LogP contribution in [0.25, 0.3) is 0 Å². The first-order valence-corrected chi connectivity index (χ1v) is 20.1. The van der Waals surface area contributed by atoms with Crippen LogP contribution in [-0.2, 0) is 9.84 Å². The maximum absolute atomic E-state index is 12.0. The van der Waals surface area contributed by atoms with Crippen LogP contribution in [0.5, 0.6) is 0 Å². The second kappa shape index (κ2) is 17.8. The third kappa shape index (κ3) is 10.9. The lowest BCUT2D eigenvalue weighted by Gasteiger charge is -2.14.